The number of carbonyl (C=O) groups is 2. The van der Waals surface area contributed by atoms with Gasteiger partial charge in [-0.05, 0) is 26.0 Å². The fourth-order valence-corrected chi connectivity index (χ4v) is 2.34. The van der Waals surface area contributed by atoms with Gasteiger partial charge in [0.1, 0.15) is 5.76 Å². The molecule has 1 aliphatic heterocycles. The van der Waals surface area contributed by atoms with Crippen LogP contribution in [0.4, 0.5) is 4.79 Å². The minimum atomic E-state index is -0.289. The predicted octanol–water partition coefficient (Wildman–Crippen LogP) is 0.958. The molecule has 1 aromatic rings. The second-order valence-corrected chi connectivity index (χ2v) is 5.17. The summed E-state index contributed by atoms with van der Waals surface area (Å²) in [6.07, 6.45) is 0.0610. The molecule has 1 saturated heterocycles. The molecule has 0 aliphatic carbocycles. The second-order valence-electron chi connectivity index (χ2n) is 5.17. The number of ether oxygens (including phenoxy) is 1. The average molecular weight is 295 g/mol. The molecule has 0 unspecified atom stereocenters. The molecule has 2 atom stereocenters. The van der Waals surface area contributed by atoms with Crippen molar-refractivity contribution in [2.45, 2.75) is 32.6 Å². The first-order chi connectivity index (χ1) is 9.99. The number of carbonyl (C=O) groups excluding carboxylic acids is 2. The first-order valence-electron chi connectivity index (χ1n) is 6.98. The highest BCUT2D eigenvalue weighted by molar-refractivity contribution is 5.91. The number of rotatable bonds is 3. The maximum Gasteiger partial charge on any atom is 0.317 e. The van der Waals surface area contributed by atoms with Crippen molar-refractivity contribution < 1.29 is 18.7 Å². The van der Waals surface area contributed by atoms with Gasteiger partial charge in [0.05, 0.1) is 18.8 Å². The Morgan fingerprint density at radius 1 is 1.29 bits per heavy atom. The van der Waals surface area contributed by atoms with Gasteiger partial charge in [-0.1, -0.05) is 0 Å². The summed E-state index contributed by atoms with van der Waals surface area (Å²) in [4.78, 5) is 25.2. The van der Waals surface area contributed by atoms with Crippen molar-refractivity contribution in [3.05, 3.63) is 23.7 Å². The zero-order chi connectivity index (χ0) is 15.4. The molecule has 1 aliphatic rings. The number of morpholine rings is 1. The van der Waals surface area contributed by atoms with Crippen LogP contribution in [0, 0.1) is 0 Å². The first kappa shape index (κ1) is 15.4. The zero-order valence-corrected chi connectivity index (χ0v) is 12.5. The van der Waals surface area contributed by atoms with E-state index in [0.717, 1.165) is 0 Å². The van der Waals surface area contributed by atoms with Crippen LogP contribution in [-0.2, 0) is 11.3 Å². The van der Waals surface area contributed by atoms with Crippen LogP contribution in [0.25, 0.3) is 0 Å². The number of nitrogens with one attached hydrogen (secondary N) is 2. The maximum atomic E-state index is 12.1. The minimum Gasteiger partial charge on any atom is -0.454 e. The average Bonchev–Trinajstić information content (AvgIpc) is 2.91. The maximum absolute atomic E-state index is 12.1. The van der Waals surface area contributed by atoms with E-state index in [-0.39, 0.29) is 36.5 Å². The molecule has 0 spiro atoms. The van der Waals surface area contributed by atoms with Gasteiger partial charge in [-0.2, -0.15) is 0 Å². The van der Waals surface area contributed by atoms with E-state index in [0.29, 0.717) is 18.8 Å². The Bertz CT molecular complexity index is 504. The quantitative estimate of drug-likeness (QED) is 0.870. The van der Waals surface area contributed by atoms with E-state index >= 15 is 0 Å². The highest BCUT2D eigenvalue weighted by Crippen LogP contribution is 2.11. The van der Waals surface area contributed by atoms with E-state index in [2.05, 4.69) is 10.6 Å². The fraction of sp³-hybridized carbons (Fsp3) is 0.571. The van der Waals surface area contributed by atoms with Crippen LogP contribution in [0.5, 0.6) is 0 Å². The van der Waals surface area contributed by atoms with E-state index in [1.54, 1.807) is 17.0 Å². The molecule has 2 heterocycles. The minimum absolute atomic E-state index is 0.0305. The van der Waals surface area contributed by atoms with Crippen LogP contribution in [0.15, 0.2) is 16.5 Å². The van der Waals surface area contributed by atoms with Crippen molar-refractivity contribution in [3.8, 4) is 0 Å². The van der Waals surface area contributed by atoms with Crippen molar-refractivity contribution in [1.82, 2.24) is 15.5 Å². The highest BCUT2D eigenvalue weighted by Gasteiger charge is 2.25. The number of hydrogen-bond acceptors (Lipinski definition) is 4. The Labute approximate surface area is 123 Å². The van der Waals surface area contributed by atoms with Gasteiger partial charge in [0.15, 0.2) is 5.76 Å². The third kappa shape index (κ3) is 3.98. The van der Waals surface area contributed by atoms with E-state index in [4.69, 9.17) is 9.15 Å². The lowest BCUT2D eigenvalue weighted by Gasteiger charge is -2.35. The molecule has 0 saturated carbocycles. The van der Waals surface area contributed by atoms with E-state index in [1.165, 1.54) is 7.05 Å². The number of urea groups is 1. The molecule has 0 bridgehead atoms. The molecular weight excluding hydrogens is 274 g/mol. The van der Waals surface area contributed by atoms with Crippen LogP contribution in [0.1, 0.15) is 30.2 Å². The van der Waals surface area contributed by atoms with Crippen LogP contribution in [-0.4, -0.2) is 49.2 Å². The van der Waals surface area contributed by atoms with Gasteiger partial charge in [-0.15, -0.1) is 0 Å². The van der Waals surface area contributed by atoms with Crippen LogP contribution < -0.4 is 10.6 Å². The molecule has 1 aromatic heterocycles. The molecular formula is C14H21N3O4. The summed E-state index contributed by atoms with van der Waals surface area (Å²) in [5.41, 5.74) is 0. The summed E-state index contributed by atoms with van der Waals surface area (Å²) in [6.45, 7) is 5.27. The van der Waals surface area contributed by atoms with Crippen LogP contribution >= 0.6 is 0 Å². The van der Waals surface area contributed by atoms with Crippen molar-refractivity contribution in [1.29, 1.82) is 0 Å². The van der Waals surface area contributed by atoms with Gasteiger partial charge in [-0.25, -0.2) is 4.79 Å². The molecule has 3 amide bonds. The largest absolute Gasteiger partial charge is 0.454 e. The number of furan rings is 1. The molecule has 21 heavy (non-hydrogen) atoms. The molecule has 7 heteroatoms. The molecule has 0 aromatic carbocycles. The Morgan fingerprint density at radius 2 is 1.95 bits per heavy atom. The first-order valence-corrected chi connectivity index (χ1v) is 6.98. The predicted molar refractivity (Wildman–Crippen MR) is 75.9 cm³/mol. The summed E-state index contributed by atoms with van der Waals surface area (Å²) in [5, 5.41) is 5.26. The summed E-state index contributed by atoms with van der Waals surface area (Å²) in [7, 11) is 1.53. The van der Waals surface area contributed by atoms with Crippen LogP contribution in [0.3, 0.4) is 0 Å². The van der Waals surface area contributed by atoms with Gasteiger partial charge in [-0.3, -0.25) is 4.79 Å². The second kappa shape index (κ2) is 6.62. The number of hydrogen-bond donors (Lipinski definition) is 2. The molecule has 0 radical (unpaired) electrons. The Balaban J connectivity index is 1.86. The normalized spacial score (nSPS) is 22.0. The van der Waals surface area contributed by atoms with Gasteiger partial charge in [0.2, 0.25) is 0 Å². The standard InChI is InChI=1S/C14H21N3O4/c1-9-7-17(8-10(2)20-9)14(19)16-6-11-4-5-12(21-11)13(18)15-3/h4-5,9-10H,6-8H2,1-3H3,(H,15,18)(H,16,19)/t9-,10+. The molecule has 1 fully saturated rings. The zero-order valence-electron chi connectivity index (χ0n) is 12.5. The smallest absolute Gasteiger partial charge is 0.317 e. The third-order valence-electron chi connectivity index (χ3n) is 3.23. The fourth-order valence-electron chi connectivity index (χ4n) is 2.34. The lowest BCUT2D eigenvalue weighted by Crippen LogP contribution is -2.51. The Kier molecular flexibility index (Phi) is 4.85. The lowest BCUT2D eigenvalue weighted by molar-refractivity contribution is -0.0545. The number of amides is 3. The summed E-state index contributed by atoms with van der Waals surface area (Å²) in [5.74, 6) is 0.482. The topological polar surface area (TPSA) is 83.8 Å². The third-order valence-corrected chi connectivity index (χ3v) is 3.23. The van der Waals surface area contributed by atoms with Gasteiger partial charge in [0.25, 0.3) is 5.91 Å². The van der Waals surface area contributed by atoms with E-state index in [9.17, 15) is 9.59 Å². The summed E-state index contributed by atoms with van der Waals surface area (Å²) >= 11 is 0. The lowest BCUT2D eigenvalue weighted by atomic mass is 10.2. The van der Waals surface area contributed by atoms with Gasteiger partial charge in [0, 0.05) is 20.1 Å². The van der Waals surface area contributed by atoms with Gasteiger partial charge < -0.3 is 24.7 Å². The van der Waals surface area contributed by atoms with Crippen molar-refractivity contribution in [3.63, 3.8) is 0 Å². The molecule has 116 valence electrons. The van der Waals surface area contributed by atoms with E-state index in [1.807, 2.05) is 13.8 Å². The Morgan fingerprint density at radius 3 is 2.57 bits per heavy atom. The Hall–Kier alpha value is -2.02. The van der Waals surface area contributed by atoms with Crippen molar-refractivity contribution in [2.75, 3.05) is 20.1 Å². The molecule has 2 N–H and O–H groups in total. The van der Waals surface area contributed by atoms with Crippen LogP contribution in [0.2, 0.25) is 0 Å². The van der Waals surface area contributed by atoms with E-state index < -0.39 is 0 Å². The monoisotopic (exact) mass is 295 g/mol. The molecule has 2 rings (SSSR count). The van der Waals surface area contributed by atoms with Crippen molar-refractivity contribution >= 4 is 11.9 Å². The summed E-state index contributed by atoms with van der Waals surface area (Å²) in [6, 6.07) is 3.10. The van der Waals surface area contributed by atoms with Gasteiger partial charge >= 0.3 is 6.03 Å². The molecule has 7 nitrogen and oxygen atoms in total. The highest BCUT2D eigenvalue weighted by atomic mass is 16.5. The SMILES string of the molecule is CNC(=O)c1ccc(CNC(=O)N2C[C@@H](C)O[C@@H](C)C2)o1. The number of nitrogens with zero attached hydrogens (tertiary/aromatic N) is 1. The van der Waals surface area contributed by atoms with Crippen molar-refractivity contribution in [2.24, 2.45) is 0 Å². The summed E-state index contributed by atoms with van der Waals surface area (Å²) < 4.78 is 10.9.